The zero-order valence-electron chi connectivity index (χ0n) is 14.9. The lowest BCUT2D eigenvalue weighted by Crippen LogP contribution is -2.52. The average Bonchev–Trinajstić information content (AvgIpc) is 2.60. The molecule has 1 fully saturated rings. The summed E-state index contributed by atoms with van der Waals surface area (Å²) in [6.45, 7) is 6.60. The first kappa shape index (κ1) is 17.7. The lowest BCUT2D eigenvalue weighted by molar-refractivity contribution is -0.0230. The van der Waals surface area contributed by atoms with Crippen LogP contribution in [0.3, 0.4) is 0 Å². The van der Waals surface area contributed by atoms with Crippen molar-refractivity contribution >= 4 is 0 Å². The van der Waals surface area contributed by atoms with Crippen LogP contribution >= 0.6 is 0 Å². The third kappa shape index (κ3) is 4.70. The summed E-state index contributed by atoms with van der Waals surface area (Å²) in [7, 11) is 1.71. The predicted octanol–water partition coefficient (Wildman–Crippen LogP) is 1.23. The molecule has 2 aliphatic rings. The first-order valence-corrected chi connectivity index (χ1v) is 8.97. The lowest BCUT2D eigenvalue weighted by Gasteiger charge is -2.35. The molecule has 24 heavy (non-hydrogen) atoms. The fourth-order valence-corrected chi connectivity index (χ4v) is 3.70. The Kier molecular flexibility index (Phi) is 5.76. The van der Waals surface area contributed by atoms with Crippen molar-refractivity contribution in [2.45, 2.75) is 37.8 Å². The van der Waals surface area contributed by atoms with E-state index in [-0.39, 0.29) is 0 Å². The summed E-state index contributed by atoms with van der Waals surface area (Å²) in [4.78, 5) is 2.28. The maximum absolute atomic E-state index is 10.7. The van der Waals surface area contributed by atoms with Crippen LogP contribution in [0, 0.1) is 0 Å². The normalized spacial score (nSPS) is 24.2. The molecule has 0 radical (unpaired) electrons. The van der Waals surface area contributed by atoms with E-state index in [4.69, 9.17) is 9.47 Å². The maximum Gasteiger partial charge on any atom is 0.119 e. The van der Waals surface area contributed by atoms with Crippen LogP contribution in [0.15, 0.2) is 18.2 Å². The van der Waals surface area contributed by atoms with Gasteiger partial charge in [-0.3, -0.25) is 4.90 Å². The summed E-state index contributed by atoms with van der Waals surface area (Å²) in [5.74, 6) is 0.925. The van der Waals surface area contributed by atoms with Crippen molar-refractivity contribution in [2.24, 2.45) is 0 Å². The molecule has 1 heterocycles. The highest BCUT2D eigenvalue weighted by Gasteiger charge is 2.27. The number of hydrogen-bond acceptors (Lipinski definition) is 5. The minimum atomic E-state index is -0.716. The number of hydrogen-bond donors (Lipinski definition) is 2. The molecule has 5 heteroatoms. The lowest BCUT2D eigenvalue weighted by atomic mass is 9.88. The van der Waals surface area contributed by atoms with Gasteiger partial charge in [0.05, 0.1) is 25.9 Å². The van der Waals surface area contributed by atoms with Gasteiger partial charge in [0.15, 0.2) is 0 Å². The van der Waals surface area contributed by atoms with Gasteiger partial charge < -0.3 is 19.9 Å². The van der Waals surface area contributed by atoms with Gasteiger partial charge in [0.25, 0.3) is 0 Å². The van der Waals surface area contributed by atoms with Crippen LogP contribution in [0.4, 0.5) is 0 Å². The van der Waals surface area contributed by atoms with E-state index < -0.39 is 5.60 Å². The van der Waals surface area contributed by atoms with E-state index in [1.54, 1.807) is 7.11 Å². The second-order valence-electron chi connectivity index (χ2n) is 7.34. The molecule has 1 saturated heterocycles. The fraction of sp³-hybridized carbons (Fsp3) is 0.684. The van der Waals surface area contributed by atoms with Gasteiger partial charge in [-0.15, -0.1) is 0 Å². The van der Waals surface area contributed by atoms with Crippen LogP contribution in [0.1, 0.15) is 24.5 Å². The number of rotatable bonds is 6. The summed E-state index contributed by atoms with van der Waals surface area (Å²) < 4.78 is 10.7. The zero-order chi connectivity index (χ0) is 17.0. The minimum absolute atomic E-state index is 0.417. The van der Waals surface area contributed by atoms with Gasteiger partial charge in [0.2, 0.25) is 0 Å². The first-order valence-electron chi connectivity index (χ1n) is 8.97. The number of nitrogens with zero attached hydrogens (tertiary/aromatic N) is 1. The van der Waals surface area contributed by atoms with Crippen LogP contribution in [0.5, 0.6) is 5.75 Å². The van der Waals surface area contributed by atoms with Gasteiger partial charge in [-0.2, -0.15) is 0 Å². The van der Waals surface area contributed by atoms with Gasteiger partial charge in [-0.1, -0.05) is 6.07 Å². The molecule has 2 unspecified atom stereocenters. The number of benzene rings is 1. The number of aliphatic hydroxyl groups is 1. The molecule has 5 nitrogen and oxygen atoms in total. The Morgan fingerprint density at radius 1 is 1.33 bits per heavy atom. The van der Waals surface area contributed by atoms with Gasteiger partial charge in [0, 0.05) is 32.2 Å². The van der Waals surface area contributed by atoms with E-state index in [1.807, 2.05) is 13.0 Å². The third-order valence-electron chi connectivity index (χ3n) is 5.08. The molecule has 0 spiro atoms. The average molecular weight is 334 g/mol. The number of aryl methyl sites for hydroxylation is 1. The highest BCUT2D eigenvalue weighted by Crippen LogP contribution is 2.25. The number of β-amino-alcohol motifs (C(OH)–C–C–N with tert-alkyl or cyclic N) is 1. The van der Waals surface area contributed by atoms with E-state index in [0.717, 1.165) is 51.3 Å². The molecule has 1 aromatic rings. The van der Waals surface area contributed by atoms with E-state index in [1.165, 1.54) is 11.1 Å². The molecule has 1 aromatic carbocycles. The van der Waals surface area contributed by atoms with E-state index in [9.17, 15) is 5.11 Å². The van der Waals surface area contributed by atoms with Crippen molar-refractivity contribution in [3.8, 4) is 5.75 Å². The van der Waals surface area contributed by atoms with Crippen molar-refractivity contribution < 1.29 is 14.6 Å². The quantitative estimate of drug-likeness (QED) is 0.819. The van der Waals surface area contributed by atoms with E-state index >= 15 is 0 Å². The number of nitrogens with one attached hydrogen (secondary N) is 1. The Hall–Kier alpha value is -1.14. The number of morpholine rings is 1. The second kappa shape index (κ2) is 7.83. The standard InChI is InChI=1S/C19H30N2O3/c1-19(22,14-21-7-9-24-10-8-21)13-20-17-5-3-15-4-6-18(23-2)12-16(15)11-17/h4,6,12,17,20,22H,3,5,7-11,13-14H2,1-2H3. The summed E-state index contributed by atoms with van der Waals surface area (Å²) in [5, 5.41) is 14.3. The Morgan fingerprint density at radius 2 is 2.12 bits per heavy atom. The predicted molar refractivity (Wildman–Crippen MR) is 94.7 cm³/mol. The molecular weight excluding hydrogens is 304 g/mol. The van der Waals surface area contributed by atoms with E-state index in [0.29, 0.717) is 19.1 Å². The Labute approximate surface area is 144 Å². The third-order valence-corrected chi connectivity index (χ3v) is 5.08. The molecule has 0 bridgehead atoms. The number of methoxy groups -OCH3 is 1. The van der Waals surface area contributed by atoms with Crippen molar-refractivity contribution in [2.75, 3.05) is 46.5 Å². The minimum Gasteiger partial charge on any atom is -0.497 e. The van der Waals surface area contributed by atoms with Gasteiger partial charge in [0.1, 0.15) is 5.75 Å². The molecule has 2 atom stereocenters. The molecule has 134 valence electrons. The van der Waals surface area contributed by atoms with Crippen molar-refractivity contribution in [3.05, 3.63) is 29.3 Å². The van der Waals surface area contributed by atoms with Crippen LogP contribution in [0.2, 0.25) is 0 Å². The molecule has 0 amide bonds. The van der Waals surface area contributed by atoms with Gasteiger partial charge in [-0.05, 0) is 49.4 Å². The summed E-state index contributed by atoms with van der Waals surface area (Å²) in [6, 6.07) is 6.79. The molecule has 0 saturated carbocycles. The molecule has 3 rings (SSSR count). The number of ether oxygens (including phenoxy) is 2. The van der Waals surface area contributed by atoms with E-state index in [2.05, 4.69) is 22.3 Å². The van der Waals surface area contributed by atoms with Crippen molar-refractivity contribution in [1.29, 1.82) is 0 Å². The molecule has 1 aliphatic heterocycles. The topological polar surface area (TPSA) is 54.0 Å². The Morgan fingerprint density at radius 3 is 2.88 bits per heavy atom. The van der Waals surface area contributed by atoms with Crippen molar-refractivity contribution in [1.82, 2.24) is 10.2 Å². The largest absolute Gasteiger partial charge is 0.497 e. The SMILES string of the molecule is COc1ccc2c(c1)CC(NCC(C)(O)CN1CCOCC1)CC2. The van der Waals surface area contributed by atoms with Gasteiger partial charge in [-0.25, -0.2) is 0 Å². The maximum atomic E-state index is 10.7. The molecule has 1 aliphatic carbocycles. The molecule has 2 N–H and O–H groups in total. The highest BCUT2D eigenvalue weighted by molar-refractivity contribution is 5.37. The smallest absolute Gasteiger partial charge is 0.119 e. The zero-order valence-corrected chi connectivity index (χ0v) is 14.9. The number of fused-ring (bicyclic) bond motifs is 1. The van der Waals surface area contributed by atoms with Crippen LogP contribution in [0.25, 0.3) is 0 Å². The van der Waals surface area contributed by atoms with Gasteiger partial charge >= 0.3 is 0 Å². The first-order chi connectivity index (χ1) is 11.6. The summed E-state index contributed by atoms with van der Waals surface area (Å²) in [5.41, 5.74) is 2.08. The monoisotopic (exact) mass is 334 g/mol. The van der Waals surface area contributed by atoms with Crippen LogP contribution in [-0.2, 0) is 17.6 Å². The fourth-order valence-electron chi connectivity index (χ4n) is 3.70. The Bertz CT molecular complexity index is 541. The van der Waals surface area contributed by atoms with Crippen molar-refractivity contribution in [3.63, 3.8) is 0 Å². The second-order valence-corrected chi connectivity index (χ2v) is 7.34. The Balaban J connectivity index is 1.51. The molecular formula is C19H30N2O3. The van der Waals surface area contributed by atoms with Crippen LogP contribution in [-0.4, -0.2) is 68.2 Å². The summed E-state index contributed by atoms with van der Waals surface area (Å²) >= 11 is 0. The molecule has 0 aromatic heterocycles. The van der Waals surface area contributed by atoms with Crippen LogP contribution < -0.4 is 10.1 Å². The highest BCUT2D eigenvalue weighted by atomic mass is 16.5. The summed E-state index contributed by atoms with van der Waals surface area (Å²) in [6.07, 6.45) is 3.20.